The van der Waals surface area contributed by atoms with Crippen LogP contribution in [0.4, 0.5) is 11.4 Å². The molecule has 2 aromatic rings. The van der Waals surface area contributed by atoms with Gasteiger partial charge in [-0.25, -0.2) is 0 Å². The van der Waals surface area contributed by atoms with Gasteiger partial charge >= 0.3 is 0 Å². The minimum atomic E-state index is -0.123. The number of anilines is 2. The molecule has 28 heavy (non-hydrogen) atoms. The maximum Gasteiger partial charge on any atom is 0.188 e. The second kappa shape index (κ2) is 6.74. The molecule has 0 amide bonds. The van der Waals surface area contributed by atoms with Crippen LogP contribution in [0.5, 0.6) is 11.5 Å². The van der Waals surface area contributed by atoms with Crippen molar-refractivity contribution in [1.29, 1.82) is 10.7 Å². The van der Waals surface area contributed by atoms with Gasteiger partial charge in [0.25, 0.3) is 0 Å². The van der Waals surface area contributed by atoms with Gasteiger partial charge in [-0.1, -0.05) is 6.07 Å². The summed E-state index contributed by atoms with van der Waals surface area (Å²) in [4.78, 5) is 14.4. The lowest BCUT2D eigenvalue weighted by Crippen LogP contribution is -2.24. The highest BCUT2D eigenvalue weighted by atomic mass is 16.5. The number of hydrogen-bond acceptors (Lipinski definition) is 6. The van der Waals surface area contributed by atoms with E-state index in [4.69, 9.17) is 20.1 Å². The summed E-state index contributed by atoms with van der Waals surface area (Å²) in [7, 11) is 3.11. The van der Waals surface area contributed by atoms with Crippen molar-refractivity contribution in [3.05, 3.63) is 58.8 Å². The first-order chi connectivity index (χ1) is 13.5. The van der Waals surface area contributed by atoms with Gasteiger partial charge in [-0.15, -0.1) is 0 Å². The van der Waals surface area contributed by atoms with E-state index in [1.807, 2.05) is 6.07 Å². The number of ketones is 1. The van der Waals surface area contributed by atoms with Gasteiger partial charge in [0.2, 0.25) is 0 Å². The van der Waals surface area contributed by atoms with E-state index in [2.05, 4.69) is 11.4 Å². The topological polar surface area (TPSA) is 98.4 Å². The summed E-state index contributed by atoms with van der Waals surface area (Å²) >= 11 is 0. The Balaban J connectivity index is 1.69. The van der Waals surface area contributed by atoms with Crippen LogP contribution in [0, 0.1) is 16.7 Å². The van der Waals surface area contributed by atoms with Gasteiger partial charge < -0.3 is 19.7 Å². The quantitative estimate of drug-likeness (QED) is 0.802. The molecule has 0 spiro atoms. The number of nitrogens with zero attached hydrogens (tertiary/aromatic N) is 2. The maximum atomic E-state index is 12.7. The van der Waals surface area contributed by atoms with Gasteiger partial charge in [0.1, 0.15) is 17.3 Å². The second-order valence-corrected chi connectivity index (χ2v) is 6.57. The molecule has 0 saturated carbocycles. The molecular weight excluding hydrogens is 356 g/mol. The number of fused-ring (bicyclic) bond motifs is 1. The van der Waals surface area contributed by atoms with Crippen molar-refractivity contribution in [1.82, 2.24) is 0 Å². The zero-order chi connectivity index (χ0) is 19.8. The first-order valence-corrected chi connectivity index (χ1v) is 8.70. The molecule has 0 unspecified atom stereocenters. The van der Waals surface area contributed by atoms with Gasteiger partial charge in [-0.3, -0.25) is 10.2 Å². The molecule has 2 aromatic carbocycles. The fourth-order valence-corrected chi connectivity index (χ4v) is 3.51. The summed E-state index contributed by atoms with van der Waals surface area (Å²) in [6.07, 6.45) is 0.528. The van der Waals surface area contributed by atoms with Crippen LogP contribution in [-0.2, 0) is 11.2 Å². The van der Waals surface area contributed by atoms with Crippen molar-refractivity contribution < 1.29 is 14.3 Å². The summed E-state index contributed by atoms with van der Waals surface area (Å²) in [6, 6.07) is 12.8. The molecule has 7 nitrogen and oxygen atoms in total. The highest BCUT2D eigenvalue weighted by Gasteiger charge is 2.36. The third-order valence-corrected chi connectivity index (χ3v) is 4.93. The molecule has 2 aliphatic heterocycles. The number of allylic oxidation sites excluding steroid dienone is 1. The lowest BCUT2D eigenvalue weighted by atomic mass is 10.1. The third-order valence-electron chi connectivity index (χ3n) is 4.93. The van der Waals surface area contributed by atoms with Crippen molar-refractivity contribution in [2.24, 2.45) is 0 Å². The number of carbonyl (C=O) groups is 1. The zero-order valence-electron chi connectivity index (χ0n) is 15.5. The standard InChI is InChI=1S/C21H18N4O3/c1-27-15-7-14(8-16(9-15)28-2)25-11-19(26)20(21(25)23)18-6-13-4-3-12(10-22)5-17(13)24-18/h3-5,7-9,23-24H,6,11H2,1-2H3. The van der Waals surface area contributed by atoms with Crippen LogP contribution < -0.4 is 19.7 Å². The van der Waals surface area contributed by atoms with Crippen molar-refractivity contribution in [3.63, 3.8) is 0 Å². The predicted molar refractivity (Wildman–Crippen MR) is 105 cm³/mol. The molecule has 0 aromatic heterocycles. The summed E-state index contributed by atoms with van der Waals surface area (Å²) in [5.74, 6) is 1.19. The van der Waals surface area contributed by atoms with E-state index in [1.165, 1.54) is 0 Å². The Bertz CT molecular complexity index is 1060. The molecule has 4 rings (SSSR count). The Kier molecular flexibility index (Phi) is 4.24. The Morgan fingerprint density at radius 1 is 1.14 bits per heavy atom. The molecule has 1 saturated heterocycles. The average Bonchev–Trinajstić information content (AvgIpc) is 3.26. The summed E-state index contributed by atoms with van der Waals surface area (Å²) in [5, 5.41) is 20.9. The number of nitrogens with one attached hydrogen (secondary N) is 2. The molecule has 0 atom stereocenters. The average molecular weight is 374 g/mol. The first-order valence-electron chi connectivity index (χ1n) is 8.70. The predicted octanol–water partition coefficient (Wildman–Crippen LogP) is 2.86. The molecule has 0 bridgehead atoms. The summed E-state index contributed by atoms with van der Waals surface area (Å²) in [6.45, 7) is 0.0788. The smallest absolute Gasteiger partial charge is 0.188 e. The Hall–Kier alpha value is -3.79. The van der Waals surface area contributed by atoms with Crippen molar-refractivity contribution in [2.75, 3.05) is 31.0 Å². The van der Waals surface area contributed by atoms with Crippen molar-refractivity contribution in [3.8, 4) is 17.6 Å². The molecule has 7 heteroatoms. The van der Waals surface area contributed by atoms with Crippen LogP contribution in [0.2, 0.25) is 0 Å². The number of Topliss-reactive ketones (excluding diaryl/α,β-unsaturated/α-hetero) is 1. The van der Waals surface area contributed by atoms with Gasteiger partial charge in [0, 0.05) is 36.0 Å². The highest BCUT2D eigenvalue weighted by Crippen LogP contribution is 2.35. The first kappa shape index (κ1) is 17.6. The van der Waals surface area contributed by atoms with Crippen LogP contribution in [0.15, 0.2) is 47.7 Å². The van der Waals surface area contributed by atoms with Crippen LogP contribution in [-0.4, -0.2) is 32.4 Å². The van der Waals surface area contributed by atoms with Crippen LogP contribution in [0.3, 0.4) is 0 Å². The Morgan fingerprint density at radius 3 is 2.50 bits per heavy atom. The number of ether oxygens (including phenoxy) is 2. The van der Waals surface area contributed by atoms with Crippen molar-refractivity contribution >= 4 is 23.0 Å². The van der Waals surface area contributed by atoms with Crippen LogP contribution >= 0.6 is 0 Å². The van der Waals surface area contributed by atoms with Crippen molar-refractivity contribution in [2.45, 2.75) is 6.42 Å². The van der Waals surface area contributed by atoms with E-state index in [-0.39, 0.29) is 18.2 Å². The highest BCUT2D eigenvalue weighted by molar-refractivity contribution is 6.33. The molecule has 0 aliphatic carbocycles. The SMILES string of the molecule is COc1cc(OC)cc(N2CC(=O)C(=C3Cc4ccc(C#N)cc4N3)C2=N)c1. The van der Waals surface area contributed by atoms with Crippen LogP contribution in [0.1, 0.15) is 11.1 Å². The molecule has 2 N–H and O–H groups in total. The normalized spacial score (nSPS) is 18.0. The molecule has 0 radical (unpaired) electrons. The molecule has 1 fully saturated rings. The number of rotatable bonds is 3. The molecule has 2 heterocycles. The monoisotopic (exact) mass is 374 g/mol. The van der Waals surface area contributed by atoms with E-state index in [0.29, 0.717) is 40.4 Å². The zero-order valence-corrected chi connectivity index (χ0v) is 15.5. The fourth-order valence-electron chi connectivity index (χ4n) is 3.51. The van der Waals surface area contributed by atoms with Gasteiger partial charge in [-0.05, 0) is 17.7 Å². The van der Waals surface area contributed by atoms with Crippen LogP contribution in [0.25, 0.3) is 0 Å². The number of amidine groups is 1. The lowest BCUT2D eigenvalue weighted by molar-refractivity contribution is -0.113. The summed E-state index contributed by atoms with van der Waals surface area (Å²) in [5.41, 5.74) is 4.09. The maximum absolute atomic E-state index is 12.7. The van der Waals surface area contributed by atoms with Gasteiger partial charge in [-0.2, -0.15) is 5.26 Å². The lowest BCUT2D eigenvalue weighted by Gasteiger charge is -2.19. The van der Waals surface area contributed by atoms with E-state index in [1.54, 1.807) is 49.5 Å². The fraction of sp³-hybridized carbons (Fsp3) is 0.190. The minimum absolute atomic E-state index is 0.0788. The Labute approximate surface area is 162 Å². The summed E-state index contributed by atoms with van der Waals surface area (Å²) < 4.78 is 10.6. The molecule has 140 valence electrons. The Morgan fingerprint density at radius 2 is 1.86 bits per heavy atom. The van der Waals surface area contributed by atoms with Gasteiger partial charge in [0.15, 0.2) is 5.78 Å². The number of hydrogen-bond donors (Lipinski definition) is 2. The molecular formula is C21H18N4O3. The van der Waals surface area contributed by atoms with E-state index in [9.17, 15) is 4.79 Å². The number of benzene rings is 2. The number of methoxy groups -OCH3 is 2. The molecule has 2 aliphatic rings. The number of carbonyl (C=O) groups excluding carboxylic acids is 1. The number of nitriles is 1. The van der Waals surface area contributed by atoms with Gasteiger partial charge in [0.05, 0.1) is 43.7 Å². The second-order valence-electron chi connectivity index (χ2n) is 6.57. The third kappa shape index (κ3) is 2.85. The largest absolute Gasteiger partial charge is 0.497 e. The minimum Gasteiger partial charge on any atom is -0.497 e. The van der Waals surface area contributed by atoms with E-state index in [0.717, 1.165) is 11.3 Å². The van der Waals surface area contributed by atoms with E-state index < -0.39 is 0 Å². The van der Waals surface area contributed by atoms with E-state index >= 15 is 0 Å².